The molecule has 0 saturated heterocycles. The van der Waals surface area contributed by atoms with Crippen LogP contribution in [-0.4, -0.2) is 61.5 Å². The second-order valence-corrected chi connectivity index (χ2v) is 7.16. The van der Waals surface area contributed by atoms with Crippen molar-refractivity contribution in [3.8, 4) is 0 Å². The zero-order chi connectivity index (χ0) is 18.8. The summed E-state index contributed by atoms with van der Waals surface area (Å²) in [5.41, 5.74) is -0.595. The van der Waals surface area contributed by atoms with Crippen LogP contribution in [0.2, 0.25) is 0 Å². The minimum Gasteiger partial charge on any atom is -0.459 e. The summed E-state index contributed by atoms with van der Waals surface area (Å²) >= 11 is 0. The first kappa shape index (κ1) is 22.4. The van der Waals surface area contributed by atoms with Crippen LogP contribution in [0, 0.1) is 0 Å². The Kier molecular flexibility index (Phi) is 10.3. The summed E-state index contributed by atoms with van der Waals surface area (Å²) in [5.74, 6) is -1.07. The third-order valence-corrected chi connectivity index (χ3v) is 3.03. The van der Waals surface area contributed by atoms with Crippen molar-refractivity contribution < 1.29 is 19.1 Å². The molecule has 2 amide bonds. The largest absolute Gasteiger partial charge is 0.459 e. The molecule has 0 heterocycles. The lowest BCUT2D eigenvalue weighted by Crippen LogP contribution is -2.50. The van der Waals surface area contributed by atoms with E-state index in [0.717, 1.165) is 19.3 Å². The minimum absolute atomic E-state index is 0.204. The van der Waals surface area contributed by atoms with Gasteiger partial charge in [0.25, 0.3) is 0 Å². The zero-order valence-corrected chi connectivity index (χ0v) is 15.9. The molecule has 0 aliphatic rings. The molecule has 0 aromatic heterocycles. The smallest absolute Gasteiger partial charge is 0.325 e. The van der Waals surface area contributed by atoms with Gasteiger partial charge in [-0.25, -0.2) is 0 Å². The molecule has 7 heteroatoms. The number of nitrogens with one attached hydrogen (secondary N) is 2. The number of nitrogens with zero attached hydrogens (tertiary/aromatic N) is 1. The molecule has 0 fully saturated rings. The first-order chi connectivity index (χ1) is 11.0. The topological polar surface area (TPSA) is 87.7 Å². The number of hydrogen-bond donors (Lipinski definition) is 2. The van der Waals surface area contributed by atoms with Gasteiger partial charge in [0, 0.05) is 0 Å². The van der Waals surface area contributed by atoms with E-state index in [1.165, 1.54) is 0 Å². The van der Waals surface area contributed by atoms with Crippen molar-refractivity contribution in [1.82, 2.24) is 15.5 Å². The predicted molar refractivity (Wildman–Crippen MR) is 93.5 cm³/mol. The fraction of sp³-hybridized carbons (Fsp3) is 0.824. The Morgan fingerprint density at radius 1 is 1.12 bits per heavy atom. The van der Waals surface area contributed by atoms with E-state index in [1.807, 2.05) is 0 Å². The van der Waals surface area contributed by atoms with Crippen LogP contribution in [-0.2, 0) is 19.1 Å². The fourth-order valence-electron chi connectivity index (χ4n) is 2.05. The Labute approximate surface area is 145 Å². The van der Waals surface area contributed by atoms with Gasteiger partial charge in [0.2, 0.25) is 11.8 Å². The van der Waals surface area contributed by atoms with Gasteiger partial charge in [0.15, 0.2) is 0 Å². The van der Waals surface area contributed by atoms with Gasteiger partial charge in [-0.1, -0.05) is 26.2 Å². The monoisotopic (exact) mass is 343 g/mol. The van der Waals surface area contributed by atoms with Crippen LogP contribution >= 0.6 is 0 Å². The van der Waals surface area contributed by atoms with Crippen molar-refractivity contribution in [2.75, 3.05) is 27.2 Å². The zero-order valence-electron chi connectivity index (χ0n) is 15.9. The standard InChI is InChI=1S/C17H33N3O4/c1-7-8-9-10-13(19-14(21)12-20(5)6)16(23)18-11-15(22)24-17(2,3)4/h13H,7-12H2,1-6H3,(H,18,23)(H,19,21). The number of likely N-dealkylation sites (N-methyl/N-ethyl adjacent to an activating group) is 1. The number of rotatable bonds is 10. The van der Waals surface area contributed by atoms with Crippen LogP contribution in [0.15, 0.2) is 0 Å². The molecule has 0 spiro atoms. The third-order valence-electron chi connectivity index (χ3n) is 3.03. The molecule has 0 aromatic rings. The highest BCUT2D eigenvalue weighted by molar-refractivity contribution is 5.90. The van der Waals surface area contributed by atoms with E-state index in [4.69, 9.17) is 4.74 Å². The number of amides is 2. The molecule has 0 aromatic carbocycles. The van der Waals surface area contributed by atoms with Crippen LogP contribution in [0.1, 0.15) is 53.4 Å². The van der Waals surface area contributed by atoms with Crippen molar-refractivity contribution >= 4 is 17.8 Å². The molecule has 0 saturated carbocycles. The molecule has 1 unspecified atom stereocenters. The van der Waals surface area contributed by atoms with Crippen molar-refractivity contribution in [2.24, 2.45) is 0 Å². The summed E-state index contributed by atoms with van der Waals surface area (Å²) in [6.45, 7) is 7.38. The van der Waals surface area contributed by atoms with Gasteiger partial charge in [-0.2, -0.15) is 0 Å². The van der Waals surface area contributed by atoms with Crippen LogP contribution in [0.5, 0.6) is 0 Å². The number of ether oxygens (including phenoxy) is 1. The number of hydrogen-bond acceptors (Lipinski definition) is 5. The number of carbonyl (C=O) groups is 3. The van der Waals surface area contributed by atoms with Crippen LogP contribution in [0.25, 0.3) is 0 Å². The van der Waals surface area contributed by atoms with Crippen LogP contribution in [0.4, 0.5) is 0 Å². The van der Waals surface area contributed by atoms with E-state index in [1.54, 1.807) is 39.8 Å². The quantitative estimate of drug-likeness (QED) is 0.458. The van der Waals surface area contributed by atoms with E-state index in [2.05, 4.69) is 17.6 Å². The Bertz CT molecular complexity index is 417. The average Bonchev–Trinajstić information content (AvgIpc) is 2.41. The molecule has 0 bridgehead atoms. The van der Waals surface area contributed by atoms with Crippen molar-refractivity contribution in [3.05, 3.63) is 0 Å². The molecular formula is C17H33N3O4. The van der Waals surface area contributed by atoms with Crippen LogP contribution in [0.3, 0.4) is 0 Å². The maximum absolute atomic E-state index is 12.3. The Morgan fingerprint density at radius 2 is 1.75 bits per heavy atom. The summed E-state index contributed by atoms with van der Waals surface area (Å²) in [7, 11) is 3.57. The molecule has 0 aliphatic carbocycles. The van der Waals surface area contributed by atoms with Gasteiger partial charge in [-0.05, 0) is 41.3 Å². The van der Waals surface area contributed by atoms with Crippen molar-refractivity contribution in [2.45, 2.75) is 65.0 Å². The van der Waals surface area contributed by atoms with Gasteiger partial charge in [-0.15, -0.1) is 0 Å². The summed E-state index contributed by atoms with van der Waals surface area (Å²) in [5, 5.41) is 5.28. The van der Waals surface area contributed by atoms with Gasteiger partial charge in [0.05, 0.1) is 6.54 Å². The maximum atomic E-state index is 12.3. The highest BCUT2D eigenvalue weighted by atomic mass is 16.6. The number of unbranched alkanes of at least 4 members (excludes halogenated alkanes) is 2. The van der Waals surface area contributed by atoms with E-state index in [9.17, 15) is 14.4 Å². The highest BCUT2D eigenvalue weighted by Gasteiger charge is 2.22. The number of carbonyl (C=O) groups excluding carboxylic acids is 3. The molecule has 7 nitrogen and oxygen atoms in total. The first-order valence-corrected chi connectivity index (χ1v) is 8.48. The third kappa shape index (κ3) is 11.9. The van der Waals surface area contributed by atoms with Crippen molar-refractivity contribution in [3.63, 3.8) is 0 Å². The summed E-state index contributed by atoms with van der Waals surface area (Å²) in [6.07, 6.45) is 3.40. The summed E-state index contributed by atoms with van der Waals surface area (Å²) in [4.78, 5) is 37.6. The van der Waals surface area contributed by atoms with Gasteiger partial charge < -0.3 is 20.3 Å². The molecule has 1 atom stereocenters. The second-order valence-electron chi connectivity index (χ2n) is 7.16. The van der Waals surface area contributed by atoms with Crippen LogP contribution < -0.4 is 10.6 Å². The predicted octanol–water partition coefficient (Wildman–Crippen LogP) is 1.07. The van der Waals surface area contributed by atoms with E-state index in [-0.39, 0.29) is 24.9 Å². The first-order valence-electron chi connectivity index (χ1n) is 8.48. The molecule has 0 radical (unpaired) electrons. The Hall–Kier alpha value is -1.63. The number of esters is 1. The summed E-state index contributed by atoms with van der Waals surface area (Å²) in [6, 6.07) is -0.633. The lowest BCUT2D eigenvalue weighted by atomic mass is 10.1. The minimum atomic E-state index is -0.633. The molecule has 2 N–H and O–H groups in total. The fourth-order valence-corrected chi connectivity index (χ4v) is 2.05. The Balaban J connectivity index is 4.55. The molecule has 24 heavy (non-hydrogen) atoms. The Morgan fingerprint density at radius 3 is 2.25 bits per heavy atom. The lowest BCUT2D eigenvalue weighted by Gasteiger charge is -2.21. The van der Waals surface area contributed by atoms with E-state index in [0.29, 0.717) is 6.42 Å². The SMILES string of the molecule is CCCCCC(NC(=O)CN(C)C)C(=O)NCC(=O)OC(C)(C)C. The summed E-state index contributed by atoms with van der Waals surface area (Å²) < 4.78 is 5.15. The maximum Gasteiger partial charge on any atom is 0.325 e. The highest BCUT2D eigenvalue weighted by Crippen LogP contribution is 2.07. The van der Waals surface area contributed by atoms with Gasteiger partial charge in [-0.3, -0.25) is 14.4 Å². The van der Waals surface area contributed by atoms with E-state index < -0.39 is 17.6 Å². The normalized spacial score (nSPS) is 12.6. The molecule has 140 valence electrons. The van der Waals surface area contributed by atoms with Gasteiger partial charge in [0.1, 0.15) is 18.2 Å². The van der Waals surface area contributed by atoms with Gasteiger partial charge >= 0.3 is 5.97 Å². The molecular weight excluding hydrogens is 310 g/mol. The molecule has 0 aliphatic heterocycles. The lowest BCUT2D eigenvalue weighted by molar-refractivity contribution is -0.154. The second kappa shape index (κ2) is 11.0. The average molecular weight is 343 g/mol. The molecule has 0 rings (SSSR count). The van der Waals surface area contributed by atoms with E-state index >= 15 is 0 Å². The van der Waals surface area contributed by atoms with Crippen molar-refractivity contribution in [1.29, 1.82) is 0 Å².